The van der Waals surface area contributed by atoms with Gasteiger partial charge in [-0.1, -0.05) is 35.8 Å². The monoisotopic (exact) mass is 432 g/mol. The lowest BCUT2D eigenvalue weighted by molar-refractivity contribution is 0.222. The Labute approximate surface area is 178 Å². The second-order valence-electron chi connectivity index (χ2n) is 6.62. The Bertz CT molecular complexity index is 994. The van der Waals surface area contributed by atoms with E-state index < -0.39 is 5.82 Å². The molecule has 0 saturated heterocycles. The van der Waals surface area contributed by atoms with Crippen LogP contribution in [0.3, 0.4) is 0 Å². The standard InChI is InChI=1S/C21H22ClFN4O3/c1-3-14-4-7-16(8-5-14)29-13-20-25-19(26-30-20)10-11-27(2)21(28)24-15-6-9-18(23)17(22)12-15/h4-9,12H,3,10-11,13H2,1-2H3,(H,24,28). The number of nitrogens with zero attached hydrogens (tertiary/aromatic N) is 3. The van der Waals surface area contributed by atoms with Gasteiger partial charge in [0.2, 0.25) is 0 Å². The van der Waals surface area contributed by atoms with Gasteiger partial charge in [0.15, 0.2) is 12.4 Å². The molecule has 1 aromatic heterocycles. The maximum Gasteiger partial charge on any atom is 0.321 e. The number of likely N-dealkylation sites (N-methyl/N-ethyl adjacent to an activating group) is 1. The molecule has 0 spiro atoms. The fourth-order valence-electron chi connectivity index (χ4n) is 2.58. The zero-order chi connectivity index (χ0) is 21.5. The predicted octanol–water partition coefficient (Wildman–Crippen LogP) is 4.71. The molecule has 0 aliphatic heterocycles. The third-order valence-corrected chi connectivity index (χ3v) is 4.68. The van der Waals surface area contributed by atoms with Gasteiger partial charge >= 0.3 is 6.03 Å². The lowest BCUT2D eigenvalue weighted by Crippen LogP contribution is -2.33. The molecule has 3 rings (SSSR count). The first-order chi connectivity index (χ1) is 14.4. The second-order valence-corrected chi connectivity index (χ2v) is 7.03. The number of aromatic nitrogens is 2. The van der Waals surface area contributed by atoms with Crippen molar-refractivity contribution in [2.45, 2.75) is 26.4 Å². The number of nitrogens with one attached hydrogen (secondary N) is 1. The van der Waals surface area contributed by atoms with Gasteiger partial charge in [0, 0.05) is 25.7 Å². The maximum atomic E-state index is 13.2. The van der Waals surface area contributed by atoms with Crippen LogP contribution in [-0.4, -0.2) is 34.7 Å². The van der Waals surface area contributed by atoms with Crippen LogP contribution in [0.2, 0.25) is 5.02 Å². The average molecular weight is 433 g/mol. The van der Waals surface area contributed by atoms with Crippen molar-refractivity contribution < 1.29 is 18.4 Å². The minimum absolute atomic E-state index is 0.0571. The molecule has 0 radical (unpaired) electrons. The number of halogens is 2. The molecule has 1 N–H and O–H groups in total. The van der Waals surface area contributed by atoms with Crippen LogP contribution in [0.1, 0.15) is 24.2 Å². The van der Waals surface area contributed by atoms with Crippen molar-refractivity contribution in [2.75, 3.05) is 18.9 Å². The van der Waals surface area contributed by atoms with Crippen LogP contribution in [-0.2, 0) is 19.4 Å². The summed E-state index contributed by atoms with van der Waals surface area (Å²) in [5.74, 6) is 1.01. The molecule has 9 heteroatoms. The van der Waals surface area contributed by atoms with Crippen LogP contribution in [0.5, 0.6) is 5.75 Å². The van der Waals surface area contributed by atoms with Gasteiger partial charge in [-0.2, -0.15) is 4.98 Å². The summed E-state index contributed by atoms with van der Waals surface area (Å²) in [7, 11) is 1.63. The van der Waals surface area contributed by atoms with Crippen LogP contribution in [0.15, 0.2) is 47.0 Å². The first-order valence-corrected chi connectivity index (χ1v) is 9.82. The van der Waals surface area contributed by atoms with Crippen molar-refractivity contribution in [1.82, 2.24) is 15.0 Å². The Morgan fingerprint density at radius 3 is 2.73 bits per heavy atom. The first-order valence-electron chi connectivity index (χ1n) is 9.45. The number of benzene rings is 2. The normalized spacial score (nSPS) is 10.7. The molecule has 0 aliphatic rings. The summed E-state index contributed by atoms with van der Waals surface area (Å²) in [6.45, 7) is 2.62. The second kappa shape index (κ2) is 10.1. The molecule has 30 heavy (non-hydrogen) atoms. The third-order valence-electron chi connectivity index (χ3n) is 4.39. The smallest absolute Gasteiger partial charge is 0.321 e. The van der Waals surface area contributed by atoms with Crippen LogP contribution in [0.25, 0.3) is 0 Å². The van der Waals surface area contributed by atoms with E-state index in [2.05, 4.69) is 22.4 Å². The van der Waals surface area contributed by atoms with Crippen molar-refractivity contribution in [2.24, 2.45) is 0 Å². The molecule has 7 nitrogen and oxygen atoms in total. The summed E-state index contributed by atoms with van der Waals surface area (Å²) < 4.78 is 24.0. The van der Waals surface area contributed by atoms with Gasteiger partial charge in [-0.25, -0.2) is 9.18 Å². The molecule has 2 amide bonds. The highest BCUT2D eigenvalue weighted by atomic mass is 35.5. The minimum atomic E-state index is -0.544. The van der Waals surface area contributed by atoms with E-state index in [4.69, 9.17) is 20.9 Å². The minimum Gasteiger partial charge on any atom is -0.484 e. The number of anilines is 1. The van der Waals surface area contributed by atoms with E-state index in [1.54, 1.807) is 7.05 Å². The van der Waals surface area contributed by atoms with E-state index in [9.17, 15) is 9.18 Å². The van der Waals surface area contributed by atoms with E-state index in [0.29, 0.717) is 30.4 Å². The molecular weight excluding hydrogens is 411 g/mol. The third kappa shape index (κ3) is 5.93. The van der Waals surface area contributed by atoms with Gasteiger partial charge in [-0.05, 0) is 42.3 Å². The van der Waals surface area contributed by atoms with Crippen molar-refractivity contribution in [3.8, 4) is 5.75 Å². The number of ether oxygens (including phenoxy) is 1. The fourth-order valence-corrected chi connectivity index (χ4v) is 2.76. The molecule has 0 atom stereocenters. The van der Waals surface area contributed by atoms with Crippen molar-refractivity contribution in [3.63, 3.8) is 0 Å². The Balaban J connectivity index is 1.45. The predicted molar refractivity (Wildman–Crippen MR) is 111 cm³/mol. The highest BCUT2D eigenvalue weighted by Gasteiger charge is 2.13. The van der Waals surface area contributed by atoms with Gasteiger partial charge in [-0.15, -0.1) is 0 Å². The Kier molecular flexibility index (Phi) is 7.24. The largest absolute Gasteiger partial charge is 0.484 e. The Hall–Kier alpha value is -3.13. The van der Waals surface area contributed by atoms with Gasteiger partial charge < -0.3 is 19.5 Å². The highest BCUT2D eigenvalue weighted by molar-refractivity contribution is 6.31. The quantitative estimate of drug-likeness (QED) is 0.557. The molecule has 3 aromatic rings. The topological polar surface area (TPSA) is 80.5 Å². The van der Waals surface area contributed by atoms with Crippen molar-refractivity contribution in [1.29, 1.82) is 0 Å². The van der Waals surface area contributed by atoms with Gasteiger partial charge in [-0.3, -0.25) is 0 Å². The average Bonchev–Trinajstić information content (AvgIpc) is 3.21. The number of carbonyl (C=O) groups is 1. The molecule has 0 aliphatic carbocycles. The number of hydrogen-bond acceptors (Lipinski definition) is 5. The van der Waals surface area contributed by atoms with Gasteiger partial charge in [0.1, 0.15) is 11.6 Å². The van der Waals surface area contributed by atoms with E-state index in [1.165, 1.54) is 28.7 Å². The molecular formula is C21H22ClFN4O3. The number of urea groups is 1. The number of aryl methyl sites for hydroxylation is 1. The highest BCUT2D eigenvalue weighted by Crippen LogP contribution is 2.19. The summed E-state index contributed by atoms with van der Waals surface area (Å²) >= 11 is 5.72. The van der Waals surface area contributed by atoms with Crippen LogP contribution in [0.4, 0.5) is 14.9 Å². The first kappa shape index (κ1) is 21.6. The van der Waals surface area contributed by atoms with E-state index in [-0.39, 0.29) is 17.7 Å². The number of carbonyl (C=O) groups excluding carboxylic acids is 1. The van der Waals surface area contributed by atoms with Gasteiger partial charge in [0.05, 0.1) is 5.02 Å². The molecule has 1 heterocycles. The van der Waals surface area contributed by atoms with Gasteiger partial charge in [0.25, 0.3) is 5.89 Å². The molecule has 0 bridgehead atoms. The van der Waals surface area contributed by atoms with Crippen LogP contribution in [0, 0.1) is 5.82 Å². The summed E-state index contributed by atoms with van der Waals surface area (Å²) in [5, 5.41) is 6.50. The Morgan fingerprint density at radius 2 is 2.03 bits per heavy atom. The molecule has 0 unspecified atom stereocenters. The number of hydrogen-bond donors (Lipinski definition) is 1. The summed E-state index contributed by atoms with van der Waals surface area (Å²) in [4.78, 5) is 18.0. The van der Waals surface area contributed by atoms with Crippen molar-refractivity contribution in [3.05, 3.63) is 70.6 Å². The lowest BCUT2D eigenvalue weighted by Gasteiger charge is -2.17. The zero-order valence-electron chi connectivity index (χ0n) is 16.7. The van der Waals surface area contributed by atoms with E-state index in [1.807, 2.05) is 24.3 Å². The Morgan fingerprint density at radius 1 is 1.27 bits per heavy atom. The molecule has 2 aromatic carbocycles. The number of rotatable bonds is 8. The summed E-state index contributed by atoms with van der Waals surface area (Å²) in [6.07, 6.45) is 1.38. The summed E-state index contributed by atoms with van der Waals surface area (Å²) in [5.41, 5.74) is 1.64. The number of amides is 2. The summed E-state index contributed by atoms with van der Waals surface area (Å²) in [6, 6.07) is 11.4. The maximum absolute atomic E-state index is 13.2. The fraction of sp³-hybridized carbons (Fsp3) is 0.286. The molecule has 0 saturated carbocycles. The molecule has 158 valence electrons. The lowest BCUT2D eigenvalue weighted by atomic mass is 10.2. The van der Waals surface area contributed by atoms with Crippen molar-refractivity contribution >= 4 is 23.3 Å². The van der Waals surface area contributed by atoms with E-state index in [0.717, 1.165) is 12.2 Å². The molecule has 0 fully saturated rings. The van der Waals surface area contributed by atoms with Crippen LogP contribution < -0.4 is 10.1 Å². The van der Waals surface area contributed by atoms with Crippen LogP contribution >= 0.6 is 11.6 Å². The van der Waals surface area contributed by atoms with E-state index >= 15 is 0 Å². The zero-order valence-corrected chi connectivity index (χ0v) is 17.4. The SMILES string of the molecule is CCc1ccc(OCc2nc(CCN(C)C(=O)Nc3ccc(F)c(Cl)c3)no2)cc1.